The molecule has 0 bridgehead atoms. The van der Waals surface area contributed by atoms with Crippen LogP contribution < -0.4 is 0 Å². The van der Waals surface area contributed by atoms with Gasteiger partial charge in [0.1, 0.15) is 6.33 Å². The molecule has 1 saturated carbocycles. The maximum absolute atomic E-state index is 4.86. The van der Waals surface area contributed by atoms with Gasteiger partial charge < -0.3 is 4.42 Å². The highest BCUT2D eigenvalue weighted by atomic mass is 32.1. The van der Waals surface area contributed by atoms with Crippen molar-refractivity contribution < 1.29 is 4.42 Å². The summed E-state index contributed by atoms with van der Waals surface area (Å²) in [6, 6.07) is 48.8. The van der Waals surface area contributed by atoms with Crippen LogP contribution in [0.15, 0.2) is 216 Å². The monoisotopic (exact) mass is 1390 g/mol. The Labute approximate surface area is 618 Å². The lowest BCUT2D eigenvalue weighted by Crippen LogP contribution is -1.83. The number of nitrogens with one attached hydrogen (secondary N) is 1. The largest absolute Gasteiger partial charge is 0.426 e. The SMILES string of the molecule is C.CC.CC.CC.CC.CC.CC.CC.CC.CC.CC.CC1CC1.Cc1ccc2c(c1)C=NC2.Cc1ccc2cn[nH]c2c1.Cc1ccccc1.Cc1ccccc1.Cc1ccccn1.Cc1cccnc1.Cc1cccnc1.Cc1ccncn1.Cc1nccs1.Cc1nnc(C)o1. The Morgan fingerprint density at radius 3 is 1.12 bits per heavy atom. The van der Waals surface area contributed by atoms with Gasteiger partial charge in [0.2, 0.25) is 11.8 Å². The number of aryl methyl sites for hydroxylation is 11. The van der Waals surface area contributed by atoms with E-state index in [0.29, 0.717) is 11.8 Å². The van der Waals surface area contributed by atoms with Crippen LogP contribution in [0.3, 0.4) is 0 Å². The third-order valence-electron chi connectivity index (χ3n) is 10.5. The number of rotatable bonds is 0. The number of thiazole rings is 1. The number of benzene rings is 4. The molecule has 0 unspecified atom stereocenters. The Morgan fingerprint density at radius 1 is 0.400 bits per heavy atom. The van der Waals surface area contributed by atoms with Crippen LogP contribution in [0.4, 0.5) is 0 Å². The number of fused-ring (bicyclic) bond motifs is 2. The first-order valence-corrected chi connectivity index (χ1v) is 37.0. The summed E-state index contributed by atoms with van der Waals surface area (Å²) in [4.78, 5) is 27.5. The quantitative estimate of drug-likeness (QED) is 0.155. The van der Waals surface area contributed by atoms with E-state index in [1.807, 2.05) is 288 Å². The van der Waals surface area contributed by atoms with E-state index in [9.17, 15) is 0 Å². The van der Waals surface area contributed by atoms with Crippen LogP contribution in [0.25, 0.3) is 10.9 Å². The summed E-state index contributed by atoms with van der Waals surface area (Å²) >= 11 is 1.67. The topological polar surface area (TPSA) is 157 Å². The zero-order chi connectivity index (χ0) is 77.3. The average molecular weight is 1390 g/mol. The van der Waals surface area contributed by atoms with Crippen LogP contribution >= 0.6 is 11.3 Å². The van der Waals surface area contributed by atoms with E-state index in [0.717, 1.165) is 34.4 Å². The molecule has 1 N–H and O–H groups in total. The van der Waals surface area contributed by atoms with E-state index in [1.165, 1.54) is 69.1 Å². The lowest BCUT2D eigenvalue weighted by molar-refractivity contribution is 0.489. The highest BCUT2D eigenvalue weighted by Crippen LogP contribution is 2.26. The van der Waals surface area contributed by atoms with Gasteiger partial charge in [-0.05, 0) is 132 Å². The van der Waals surface area contributed by atoms with Gasteiger partial charge >= 0.3 is 0 Å². The third kappa shape index (κ3) is 75.1. The second-order valence-electron chi connectivity index (χ2n) is 18.4. The van der Waals surface area contributed by atoms with Crippen LogP contribution in [0.5, 0.6) is 0 Å². The lowest BCUT2D eigenvalue weighted by Gasteiger charge is -1.96. The normalized spacial score (nSPS) is 8.92. The standard InChI is InChI=1S/C9H9N.C8H8N2.2C7H8.3C6H7N.C5H6N2.C4H6N2O.C4H5NS.C4H8.10C2H6.CH4/c1-7-2-3-8-5-10-6-9(8)4-7;1-6-2-3-7-5-9-10-8(7)4-6;2*1-7-5-3-2-4-6-7;2*1-6-3-2-4-7-5-6;1-6-4-2-3-5-7-6;1-5-2-3-6-4-7-5;1-3-5-6-4(2)7-3;1-4-5-2-3-6-4;1-4-2-3-4;10*1-2;/h2-4,6H,5H2,1H3;2-5H,1H3,(H,9,10);2*2-6H,1H3;3*2-5H,1H3;2-4H,1H3;1-2H3;2-3H,1H3;4H,2-3H2,1H3;10*1-2H3;1H4. The van der Waals surface area contributed by atoms with Crippen molar-refractivity contribution in [3.05, 3.63) is 280 Å². The van der Waals surface area contributed by atoms with Crippen molar-refractivity contribution in [1.82, 2.24) is 50.3 Å². The van der Waals surface area contributed by atoms with Crippen molar-refractivity contribution in [1.29, 1.82) is 0 Å². The molecule has 7 aromatic heterocycles. The Hall–Kier alpha value is -8.68. The zero-order valence-electron chi connectivity index (χ0n) is 68.2. The van der Waals surface area contributed by atoms with Crippen LogP contribution in [0.1, 0.15) is 238 Å². The maximum Gasteiger partial charge on any atom is 0.213 e. The number of aliphatic imine (C=N–C) groups is 1. The van der Waals surface area contributed by atoms with Crippen molar-refractivity contribution in [2.45, 2.75) is 248 Å². The molecule has 2 aliphatic rings. The molecule has 11 aromatic rings. The first kappa shape index (κ1) is 110. The number of hydrogen-bond donors (Lipinski definition) is 1. The minimum atomic E-state index is 0. The molecule has 100 heavy (non-hydrogen) atoms. The molecule has 0 radical (unpaired) electrons. The van der Waals surface area contributed by atoms with Gasteiger partial charge in [-0.3, -0.25) is 30.0 Å². The van der Waals surface area contributed by atoms with Gasteiger partial charge in [-0.2, -0.15) is 5.10 Å². The van der Waals surface area contributed by atoms with E-state index >= 15 is 0 Å². The van der Waals surface area contributed by atoms with Crippen LogP contribution in [0, 0.1) is 82.1 Å². The fraction of sp³-hybridized carbons (Fsp3) is 0.425. The molecule has 1 aliphatic carbocycles. The molecule has 0 amide bonds. The van der Waals surface area contributed by atoms with Crippen LogP contribution in [0.2, 0.25) is 0 Å². The molecule has 0 spiro atoms. The van der Waals surface area contributed by atoms with Gasteiger partial charge in [0.05, 0.1) is 23.3 Å². The van der Waals surface area contributed by atoms with Gasteiger partial charge in [-0.15, -0.1) is 21.5 Å². The van der Waals surface area contributed by atoms with E-state index in [2.05, 4.69) is 151 Å². The predicted molar refractivity (Wildman–Crippen MR) is 449 cm³/mol. The second-order valence-corrected chi connectivity index (χ2v) is 19.5. The molecule has 558 valence electrons. The molecule has 13 rings (SSSR count). The highest BCUT2D eigenvalue weighted by Gasteiger charge is 2.12. The molecular formula is C87H143N11OS. The van der Waals surface area contributed by atoms with Crippen molar-refractivity contribution in [3.8, 4) is 0 Å². The summed E-state index contributed by atoms with van der Waals surface area (Å²) in [6.07, 6.45) is 20.8. The number of aromatic nitrogens is 10. The molecule has 1 fully saturated rings. The van der Waals surface area contributed by atoms with Crippen molar-refractivity contribution in [2.24, 2.45) is 10.9 Å². The smallest absolute Gasteiger partial charge is 0.213 e. The Kier molecular flexibility index (Phi) is 97.1. The fourth-order valence-electron chi connectivity index (χ4n) is 5.90. The van der Waals surface area contributed by atoms with E-state index in [4.69, 9.17) is 4.42 Å². The summed E-state index contributed by atoms with van der Waals surface area (Å²) in [6.45, 7) is 65.0. The molecule has 0 saturated heterocycles. The summed E-state index contributed by atoms with van der Waals surface area (Å²) in [5.74, 6) is 2.33. The van der Waals surface area contributed by atoms with Crippen molar-refractivity contribution in [3.63, 3.8) is 0 Å². The fourth-order valence-corrected chi connectivity index (χ4v) is 6.34. The highest BCUT2D eigenvalue weighted by molar-refractivity contribution is 7.09. The van der Waals surface area contributed by atoms with Gasteiger partial charge in [0, 0.05) is 85.6 Å². The number of pyridine rings is 3. The van der Waals surface area contributed by atoms with Gasteiger partial charge in [0.15, 0.2) is 0 Å². The van der Waals surface area contributed by atoms with E-state index < -0.39 is 0 Å². The van der Waals surface area contributed by atoms with Crippen LogP contribution in [-0.2, 0) is 6.54 Å². The first-order valence-electron chi connectivity index (χ1n) is 36.2. The lowest BCUT2D eigenvalue weighted by atomic mass is 10.1. The minimum Gasteiger partial charge on any atom is -0.426 e. The van der Waals surface area contributed by atoms with Crippen LogP contribution in [-0.4, -0.2) is 56.5 Å². The van der Waals surface area contributed by atoms with E-state index in [-0.39, 0.29) is 7.43 Å². The van der Waals surface area contributed by atoms with Crippen molar-refractivity contribution in [2.75, 3.05) is 0 Å². The Balaban J connectivity index is -0.000000127. The predicted octanol–water partition coefficient (Wildman–Crippen LogP) is 27.2. The van der Waals surface area contributed by atoms with E-state index in [1.54, 1.807) is 56.2 Å². The summed E-state index contributed by atoms with van der Waals surface area (Å²) < 4.78 is 4.86. The molecule has 12 nitrogen and oxygen atoms in total. The summed E-state index contributed by atoms with van der Waals surface area (Å²) in [5.41, 5.74) is 13.5. The molecular weight excluding hydrogens is 1250 g/mol. The minimum absolute atomic E-state index is 0. The van der Waals surface area contributed by atoms with Gasteiger partial charge in [-0.25, -0.2) is 9.97 Å². The molecule has 8 heterocycles. The maximum atomic E-state index is 4.86. The number of nitrogens with zero attached hydrogens (tertiary/aromatic N) is 10. The van der Waals surface area contributed by atoms with Gasteiger partial charge in [-0.1, -0.05) is 292 Å². The molecule has 13 heteroatoms. The summed E-state index contributed by atoms with van der Waals surface area (Å²) in [7, 11) is 0. The first-order chi connectivity index (χ1) is 48.2. The second kappa shape index (κ2) is 88.3. The average Bonchev–Trinajstić information content (AvgIpc) is 1.72. The number of aromatic amines is 1. The van der Waals surface area contributed by atoms with Crippen molar-refractivity contribution >= 4 is 28.5 Å². The summed E-state index contributed by atoms with van der Waals surface area (Å²) in [5, 5.41) is 18.3. The molecule has 4 aromatic carbocycles. The zero-order valence-corrected chi connectivity index (χ0v) is 69.0. The molecule has 0 atom stereocenters. The Bertz CT molecular complexity index is 2910. The molecule has 1 aliphatic heterocycles. The Morgan fingerprint density at radius 2 is 0.840 bits per heavy atom. The number of hydrogen-bond acceptors (Lipinski definition) is 12. The van der Waals surface area contributed by atoms with Gasteiger partial charge in [0.25, 0.3) is 0 Å². The number of H-pyrrole nitrogens is 1. The third-order valence-corrected chi connectivity index (χ3v) is 11.2.